The molecule has 0 aliphatic rings. The molecule has 10 aromatic rings. The maximum absolute atomic E-state index is 8.16. The molecule has 0 amide bonds. The van der Waals surface area contributed by atoms with E-state index in [2.05, 4.69) is 237 Å². The minimum Gasteiger partial charge on any atom is -0.201 e. The smallest absolute Gasteiger partial charge is 0.201 e. The number of rotatable bonds is 10. The quantitative estimate of drug-likeness (QED) is 0.122. The van der Waals surface area contributed by atoms with Crippen LogP contribution in [0.4, 0.5) is 0 Å². The first-order chi connectivity index (χ1) is 42.0. The third kappa shape index (κ3) is 17.0. The Morgan fingerprint density at radius 2 is 0.831 bits per heavy atom. The molecule has 83 heavy (non-hydrogen) atoms. The van der Waals surface area contributed by atoms with Crippen molar-refractivity contribution in [2.75, 3.05) is 0 Å². The average Bonchev–Trinajstić information content (AvgIpc) is 1.28. The van der Waals surface area contributed by atoms with E-state index < -0.39 is 19.1 Å². The zero-order chi connectivity index (χ0) is 65.5. The predicted molar refractivity (Wildman–Crippen MR) is 350 cm³/mol. The number of pyridine rings is 5. The van der Waals surface area contributed by atoms with Crippen molar-refractivity contribution < 1.29 is 31.1 Å². The number of benzene rings is 5. The van der Waals surface area contributed by atoms with Crippen LogP contribution in [-0.2, 0) is 48.0 Å². The van der Waals surface area contributed by atoms with Crippen LogP contribution in [0.25, 0.3) is 56.3 Å². The summed E-state index contributed by atoms with van der Waals surface area (Å²) in [6, 6.07) is 62.6. The molecule has 0 saturated carbocycles. The van der Waals surface area contributed by atoms with E-state index in [0.717, 1.165) is 28.9 Å². The molecule has 0 fully saturated rings. The van der Waals surface area contributed by atoms with Gasteiger partial charge in [0.05, 0.1) is 0 Å². The van der Waals surface area contributed by atoms with Crippen LogP contribution in [0.5, 0.6) is 0 Å². The third-order valence-electron chi connectivity index (χ3n) is 15.4. The lowest BCUT2D eigenvalue weighted by atomic mass is 9.94. The van der Waals surface area contributed by atoms with Gasteiger partial charge in [-0.15, -0.1) is 0 Å². The minimum atomic E-state index is -2.36. The van der Waals surface area contributed by atoms with Gasteiger partial charge in [-0.3, -0.25) is 0 Å². The van der Waals surface area contributed by atoms with Crippen molar-refractivity contribution in [3.8, 4) is 56.3 Å². The monoisotopic (exact) mass is 1110 g/mol. The highest BCUT2D eigenvalue weighted by Crippen LogP contribution is 2.29. The Labute approximate surface area is 509 Å². The summed E-state index contributed by atoms with van der Waals surface area (Å²) in [6.45, 7) is 22.5. The van der Waals surface area contributed by atoms with Crippen molar-refractivity contribution in [3.05, 3.63) is 269 Å². The number of nitrogens with zero attached hydrogens (tertiary/aromatic N) is 5. The molecule has 0 saturated heterocycles. The first-order valence-electron chi connectivity index (χ1n) is 32.2. The Balaban J connectivity index is 0.000000178. The molecule has 0 bridgehead atoms. The van der Waals surface area contributed by atoms with E-state index in [9.17, 15) is 0 Å². The van der Waals surface area contributed by atoms with Crippen LogP contribution < -0.4 is 22.8 Å². The second kappa shape index (κ2) is 30.8. The van der Waals surface area contributed by atoms with Crippen LogP contribution in [-0.4, -0.2) is 0 Å². The molecule has 0 N–H and O–H groups in total. The van der Waals surface area contributed by atoms with Gasteiger partial charge in [-0.1, -0.05) is 146 Å². The summed E-state index contributed by atoms with van der Waals surface area (Å²) in [5, 5.41) is 0. The second-order valence-corrected chi connectivity index (χ2v) is 22.3. The molecule has 5 heterocycles. The Morgan fingerprint density at radius 3 is 1.27 bits per heavy atom. The van der Waals surface area contributed by atoms with Gasteiger partial charge in [-0.2, -0.15) is 0 Å². The van der Waals surface area contributed by atoms with Crippen LogP contribution in [0.15, 0.2) is 213 Å². The van der Waals surface area contributed by atoms with E-state index in [0.29, 0.717) is 23.0 Å². The second-order valence-electron chi connectivity index (χ2n) is 22.3. The Kier molecular flexibility index (Phi) is 20.5. The summed E-state index contributed by atoms with van der Waals surface area (Å²) in [4.78, 5) is 0. The summed E-state index contributed by atoms with van der Waals surface area (Å²) in [6.07, 6.45) is 9.75. The lowest BCUT2D eigenvalue weighted by Gasteiger charge is -2.11. The van der Waals surface area contributed by atoms with Gasteiger partial charge >= 0.3 is 0 Å². The Hall–Kier alpha value is -8.15. The van der Waals surface area contributed by atoms with E-state index in [1.807, 2.05) is 90.9 Å². The SMILES string of the molecule is CCc1ccc[n+](C)c1-c1ccccc1C.Cc1ccccc1-c1c(C(C)C)ccc[n+]1C.Cc1ccccc1-c1cc(C(C)C)cc[n+]1C.[2H]C([2H])(C)c1ccc(-c2ccccc2C)[n+](C)c1.[2H]C([2H])([2H])C([2H])(C)c1ccc(-c2ccccc2C)[n+](C)c1. The third-order valence-corrected chi connectivity index (χ3v) is 15.4. The molecule has 5 nitrogen and oxygen atoms in total. The van der Waals surface area contributed by atoms with Gasteiger partial charge in [0.15, 0.2) is 31.0 Å². The first-order valence-corrected chi connectivity index (χ1v) is 29.2. The van der Waals surface area contributed by atoms with Crippen molar-refractivity contribution in [2.24, 2.45) is 35.2 Å². The molecule has 1 atom stereocenters. The maximum atomic E-state index is 8.16. The summed E-state index contributed by atoms with van der Waals surface area (Å²) in [5.41, 5.74) is 24.1. The van der Waals surface area contributed by atoms with Crippen LogP contribution >= 0.6 is 0 Å². The number of hydrogen-bond donors (Lipinski definition) is 0. The van der Waals surface area contributed by atoms with Gasteiger partial charge < -0.3 is 0 Å². The van der Waals surface area contributed by atoms with Gasteiger partial charge in [0, 0.05) is 94.7 Å². The zero-order valence-electron chi connectivity index (χ0n) is 58.8. The largest absolute Gasteiger partial charge is 0.215 e. The lowest BCUT2D eigenvalue weighted by molar-refractivity contribution is -0.661. The van der Waals surface area contributed by atoms with Crippen LogP contribution in [0.3, 0.4) is 0 Å². The Bertz CT molecular complexity index is 3990. The van der Waals surface area contributed by atoms with Crippen molar-refractivity contribution in [2.45, 2.75) is 120 Å². The fraction of sp³-hybridized carbons (Fsp3) is 0.295. The summed E-state index contributed by atoms with van der Waals surface area (Å²) >= 11 is 0. The van der Waals surface area contributed by atoms with E-state index >= 15 is 0 Å². The molecule has 0 aliphatic carbocycles. The van der Waals surface area contributed by atoms with Crippen LogP contribution in [0.1, 0.15) is 137 Å². The van der Waals surface area contributed by atoms with Gasteiger partial charge in [0.2, 0.25) is 28.5 Å². The molecule has 5 heteroatoms. The molecule has 10 rings (SSSR count). The van der Waals surface area contributed by atoms with Crippen molar-refractivity contribution in [3.63, 3.8) is 0 Å². The number of aromatic nitrogens is 5. The average molecular weight is 1110 g/mol. The summed E-state index contributed by atoms with van der Waals surface area (Å²) < 4.78 is 56.7. The normalized spacial score (nSPS) is 12.8. The molecule has 1 unspecified atom stereocenters. The fourth-order valence-electron chi connectivity index (χ4n) is 10.4. The number of hydrogen-bond acceptors (Lipinski definition) is 0. The molecule has 0 aliphatic heterocycles. The van der Waals surface area contributed by atoms with E-state index in [1.54, 1.807) is 19.2 Å². The lowest BCUT2D eigenvalue weighted by Crippen LogP contribution is -2.32. The summed E-state index contributed by atoms with van der Waals surface area (Å²) in [5.74, 6) is -0.509. The Morgan fingerprint density at radius 1 is 0.398 bits per heavy atom. The fourth-order valence-corrected chi connectivity index (χ4v) is 10.4. The van der Waals surface area contributed by atoms with E-state index in [1.165, 1.54) is 85.2 Å². The topological polar surface area (TPSA) is 19.4 Å². The molecule has 428 valence electrons. The summed E-state index contributed by atoms with van der Waals surface area (Å²) in [7, 11) is 10.2. The molecular formula is C78H96N5+5. The zero-order valence-corrected chi connectivity index (χ0v) is 52.8. The number of aryl methyl sites for hydroxylation is 12. The highest BCUT2D eigenvalue weighted by molar-refractivity contribution is 5.66. The van der Waals surface area contributed by atoms with Crippen LogP contribution in [0, 0.1) is 34.6 Å². The van der Waals surface area contributed by atoms with E-state index in [-0.39, 0.29) is 0 Å². The van der Waals surface area contributed by atoms with Crippen molar-refractivity contribution in [1.82, 2.24) is 0 Å². The minimum absolute atomic E-state index is 0.488. The molecule has 5 aromatic carbocycles. The van der Waals surface area contributed by atoms with Gasteiger partial charge in [0.1, 0.15) is 35.2 Å². The highest BCUT2D eigenvalue weighted by atomic mass is 14.9. The van der Waals surface area contributed by atoms with Crippen LogP contribution in [0.2, 0.25) is 0 Å². The van der Waals surface area contributed by atoms with E-state index in [4.69, 9.17) is 8.22 Å². The van der Waals surface area contributed by atoms with Crippen molar-refractivity contribution in [1.29, 1.82) is 0 Å². The highest BCUT2D eigenvalue weighted by Gasteiger charge is 2.21. The van der Waals surface area contributed by atoms with Crippen molar-refractivity contribution >= 4 is 0 Å². The van der Waals surface area contributed by atoms with Gasteiger partial charge in [0.25, 0.3) is 0 Å². The standard InChI is InChI=1S/3C16H20N.2C15H18N/c1-12(2)14-10-7-11-17(4)16(14)15-9-6-5-8-13(15)3;1-12(2)14-9-10-17(4)16(11-14)15-8-6-5-7-13(15)3;1-12(2)14-9-10-16(17(4)11-14)15-8-6-5-7-13(15)3;1-4-13-9-7-11-16(3)15(13)14-10-6-5-8-12(14)2;1-4-13-9-10-15(16(3)11-13)14-8-6-5-7-12(14)2/h3*5-12H,1-4H3;2*5-11H,4H2,1-3H3/q5*+1/i;;1D3,12D;;4D2. The molecule has 0 radical (unpaired) electrons. The predicted octanol–water partition coefficient (Wildman–Crippen LogP) is 16.9. The van der Waals surface area contributed by atoms with Gasteiger partial charge in [-0.25, -0.2) is 22.8 Å². The molecular weight excluding hydrogens is 1010 g/mol. The molecule has 5 aromatic heterocycles. The van der Waals surface area contributed by atoms with Gasteiger partial charge in [-0.05, 0) is 153 Å². The first kappa shape index (κ1) is 55.4. The molecule has 0 spiro atoms. The maximum Gasteiger partial charge on any atom is 0.215 e.